The zero-order chi connectivity index (χ0) is 20.8. The van der Waals surface area contributed by atoms with Gasteiger partial charge in [-0.15, -0.1) is 0 Å². The van der Waals surface area contributed by atoms with E-state index in [1.807, 2.05) is 0 Å². The first-order valence-electron chi connectivity index (χ1n) is 9.20. The third-order valence-electron chi connectivity index (χ3n) is 3.86. The third kappa shape index (κ3) is 5.24. The highest BCUT2D eigenvalue weighted by atomic mass is 16.5. The van der Waals surface area contributed by atoms with Gasteiger partial charge in [-0.1, -0.05) is 13.8 Å². The van der Waals surface area contributed by atoms with Gasteiger partial charge in [0.2, 0.25) is 11.8 Å². The Labute approximate surface area is 169 Å². The SMILES string of the molecule is Cc1nc(OCC(C)C)cc(Oc2cc(C#N)ccc2-c2ncc(CN)cn2)n1. The van der Waals surface area contributed by atoms with Crippen molar-refractivity contribution in [3.05, 3.63) is 53.6 Å². The van der Waals surface area contributed by atoms with E-state index in [1.165, 1.54) is 0 Å². The Bertz CT molecular complexity index is 1030. The quantitative estimate of drug-likeness (QED) is 0.652. The lowest BCUT2D eigenvalue weighted by Crippen LogP contribution is -2.07. The van der Waals surface area contributed by atoms with Crippen LogP contribution in [0.25, 0.3) is 11.4 Å². The number of nitrogens with zero attached hydrogens (tertiary/aromatic N) is 5. The van der Waals surface area contributed by atoms with Crippen LogP contribution < -0.4 is 15.2 Å². The highest BCUT2D eigenvalue weighted by Gasteiger charge is 2.14. The second-order valence-corrected chi connectivity index (χ2v) is 6.84. The summed E-state index contributed by atoms with van der Waals surface area (Å²) < 4.78 is 11.7. The molecule has 148 valence electrons. The number of hydrogen-bond donors (Lipinski definition) is 1. The van der Waals surface area contributed by atoms with Crippen molar-refractivity contribution in [3.8, 4) is 35.0 Å². The van der Waals surface area contributed by atoms with E-state index in [1.54, 1.807) is 43.6 Å². The fraction of sp³-hybridized carbons (Fsp3) is 0.286. The maximum atomic E-state index is 9.27. The zero-order valence-corrected chi connectivity index (χ0v) is 16.6. The molecule has 8 heteroatoms. The summed E-state index contributed by atoms with van der Waals surface area (Å²) >= 11 is 0. The molecular weight excluding hydrogens is 368 g/mol. The topological polar surface area (TPSA) is 120 Å². The number of hydrogen-bond acceptors (Lipinski definition) is 8. The van der Waals surface area contributed by atoms with Gasteiger partial charge >= 0.3 is 0 Å². The van der Waals surface area contributed by atoms with Crippen molar-refractivity contribution in [2.24, 2.45) is 11.7 Å². The molecule has 3 rings (SSSR count). The minimum atomic E-state index is 0.311. The van der Waals surface area contributed by atoms with Gasteiger partial charge in [0.15, 0.2) is 5.82 Å². The van der Waals surface area contributed by atoms with Gasteiger partial charge in [0.05, 0.1) is 29.9 Å². The molecular formula is C21H22N6O2. The summed E-state index contributed by atoms with van der Waals surface area (Å²) in [6, 6.07) is 8.79. The lowest BCUT2D eigenvalue weighted by atomic mass is 10.1. The Morgan fingerprint density at radius 3 is 2.48 bits per heavy atom. The summed E-state index contributed by atoms with van der Waals surface area (Å²) in [5, 5.41) is 9.27. The molecule has 0 aliphatic heterocycles. The van der Waals surface area contributed by atoms with Crippen molar-refractivity contribution < 1.29 is 9.47 Å². The van der Waals surface area contributed by atoms with Crippen LogP contribution in [0.5, 0.6) is 17.5 Å². The van der Waals surface area contributed by atoms with Crippen molar-refractivity contribution in [1.29, 1.82) is 5.26 Å². The van der Waals surface area contributed by atoms with E-state index in [0.29, 0.717) is 59.4 Å². The largest absolute Gasteiger partial charge is 0.477 e. The van der Waals surface area contributed by atoms with Gasteiger partial charge in [-0.05, 0) is 31.0 Å². The fourth-order valence-corrected chi connectivity index (χ4v) is 2.47. The fourth-order valence-electron chi connectivity index (χ4n) is 2.47. The van der Waals surface area contributed by atoms with Crippen molar-refractivity contribution in [2.45, 2.75) is 27.3 Å². The van der Waals surface area contributed by atoms with Crippen LogP contribution in [0.15, 0.2) is 36.7 Å². The Kier molecular flexibility index (Phi) is 6.32. The highest BCUT2D eigenvalue weighted by molar-refractivity contribution is 5.66. The predicted octanol–water partition coefficient (Wildman–Crippen LogP) is 3.40. The Morgan fingerprint density at radius 2 is 1.83 bits per heavy atom. The lowest BCUT2D eigenvalue weighted by Gasteiger charge is -2.13. The third-order valence-corrected chi connectivity index (χ3v) is 3.86. The van der Waals surface area contributed by atoms with E-state index < -0.39 is 0 Å². The van der Waals surface area contributed by atoms with Crippen LogP contribution in [0, 0.1) is 24.2 Å². The van der Waals surface area contributed by atoms with Crippen LogP contribution in [-0.2, 0) is 6.54 Å². The molecule has 2 N–H and O–H groups in total. The van der Waals surface area contributed by atoms with E-state index in [-0.39, 0.29) is 0 Å². The van der Waals surface area contributed by atoms with Crippen LogP contribution in [0.3, 0.4) is 0 Å². The molecule has 0 atom stereocenters. The molecule has 2 aromatic heterocycles. The molecule has 1 aromatic carbocycles. The van der Waals surface area contributed by atoms with Gasteiger partial charge < -0.3 is 15.2 Å². The maximum absolute atomic E-state index is 9.27. The average Bonchev–Trinajstić information content (AvgIpc) is 2.72. The van der Waals surface area contributed by atoms with Gasteiger partial charge in [0.25, 0.3) is 0 Å². The normalized spacial score (nSPS) is 10.6. The van der Waals surface area contributed by atoms with Gasteiger partial charge in [-0.2, -0.15) is 15.2 Å². The molecule has 0 bridgehead atoms. The number of nitrogens with two attached hydrogens (primary N) is 1. The van der Waals surface area contributed by atoms with Crippen molar-refractivity contribution >= 4 is 0 Å². The first-order valence-corrected chi connectivity index (χ1v) is 9.20. The van der Waals surface area contributed by atoms with Crippen molar-refractivity contribution in [1.82, 2.24) is 19.9 Å². The van der Waals surface area contributed by atoms with Crippen molar-refractivity contribution in [2.75, 3.05) is 6.61 Å². The molecule has 0 spiro atoms. The van der Waals surface area contributed by atoms with Crippen LogP contribution in [0.2, 0.25) is 0 Å². The summed E-state index contributed by atoms with van der Waals surface area (Å²) in [4.78, 5) is 17.3. The minimum Gasteiger partial charge on any atom is -0.477 e. The number of benzene rings is 1. The van der Waals surface area contributed by atoms with Crippen LogP contribution >= 0.6 is 0 Å². The molecule has 0 aliphatic rings. The second kappa shape index (κ2) is 9.08. The zero-order valence-electron chi connectivity index (χ0n) is 16.6. The van der Waals surface area contributed by atoms with E-state index in [0.717, 1.165) is 5.56 Å². The van der Waals surface area contributed by atoms with Crippen LogP contribution in [0.4, 0.5) is 0 Å². The van der Waals surface area contributed by atoms with E-state index in [9.17, 15) is 5.26 Å². The summed E-state index contributed by atoms with van der Waals surface area (Å²) in [6.07, 6.45) is 3.33. The van der Waals surface area contributed by atoms with Crippen LogP contribution in [-0.4, -0.2) is 26.5 Å². The minimum absolute atomic E-state index is 0.311. The van der Waals surface area contributed by atoms with E-state index in [4.69, 9.17) is 15.2 Å². The molecule has 3 aromatic rings. The van der Waals surface area contributed by atoms with E-state index in [2.05, 4.69) is 39.9 Å². The number of aryl methyl sites for hydroxylation is 1. The number of nitriles is 1. The molecule has 0 fully saturated rings. The number of ether oxygens (including phenoxy) is 2. The Hall–Kier alpha value is -3.57. The molecule has 8 nitrogen and oxygen atoms in total. The average molecular weight is 390 g/mol. The predicted molar refractivity (Wildman–Crippen MR) is 107 cm³/mol. The smallest absolute Gasteiger partial charge is 0.226 e. The van der Waals surface area contributed by atoms with Gasteiger partial charge in [0, 0.05) is 24.5 Å². The second-order valence-electron chi connectivity index (χ2n) is 6.84. The summed E-state index contributed by atoms with van der Waals surface area (Å²) in [6.45, 7) is 6.77. The van der Waals surface area contributed by atoms with Crippen LogP contribution in [0.1, 0.15) is 30.8 Å². The summed E-state index contributed by atoms with van der Waals surface area (Å²) in [5.41, 5.74) is 7.52. The van der Waals surface area contributed by atoms with E-state index >= 15 is 0 Å². The monoisotopic (exact) mass is 390 g/mol. The molecule has 0 saturated carbocycles. The molecule has 0 unspecified atom stereocenters. The maximum Gasteiger partial charge on any atom is 0.226 e. The molecule has 2 heterocycles. The molecule has 29 heavy (non-hydrogen) atoms. The molecule has 0 saturated heterocycles. The first kappa shape index (κ1) is 20.2. The Balaban J connectivity index is 1.96. The van der Waals surface area contributed by atoms with Crippen molar-refractivity contribution in [3.63, 3.8) is 0 Å². The number of aromatic nitrogens is 4. The lowest BCUT2D eigenvalue weighted by molar-refractivity contribution is 0.259. The molecule has 0 aliphatic carbocycles. The van der Waals surface area contributed by atoms with Gasteiger partial charge in [-0.3, -0.25) is 0 Å². The first-order chi connectivity index (χ1) is 14.0. The molecule has 0 radical (unpaired) electrons. The summed E-state index contributed by atoms with van der Waals surface area (Å²) in [7, 11) is 0. The van der Waals surface area contributed by atoms with Gasteiger partial charge in [0.1, 0.15) is 11.6 Å². The summed E-state index contributed by atoms with van der Waals surface area (Å²) in [5.74, 6) is 2.50. The highest BCUT2D eigenvalue weighted by Crippen LogP contribution is 2.32. The standard InChI is InChI=1S/C21H22N6O2/c1-13(2)12-28-19-7-20(27-14(3)26-19)29-18-6-15(8-22)4-5-17(18)21-24-10-16(9-23)11-25-21/h4-7,10-11,13H,9,12,23H2,1-3H3. The Morgan fingerprint density at radius 1 is 1.10 bits per heavy atom. The van der Waals surface area contributed by atoms with Gasteiger partial charge in [-0.25, -0.2) is 9.97 Å². The number of rotatable bonds is 7. The molecule has 0 amide bonds.